The first-order valence-corrected chi connectivity index (χ1v) is 6.60. The molecule has 0 aromatic heterocycles. The number of ether oxygens (including phenoxy) is 1. The van der Waals surface area contributed by atoms with Gasteiger partial charge in [0.15, 0.2) is 5.17 Å². The van der Waals surface area contributed by atoms with Gasteiger partial charge in [0.2, 0.25) is 0 Å². The summed E-state index contributed by atoms with van der Waals surface area (Å²) < 4.78 is 30.3. The van der Waals surface area contributed by atoms with Gasteiger partial charge in [0.1, 0.15) is 35.9 Å². The number of aliphatic imine (C=N–C) groups is 1. The zero-order valence-corrected chi connectivity index (χ0v) is 11.2. The molecule has 0 radical (unpaired) electrons. The molecule has 3 N–H and O–H groups in total. The largest absolute Gasteiger partial charge is 0.388 e. The molecular formula is C10H16F2N2O4S. The molecule has 0 bridgehead atoms. The first-order chi connectivity index (χ1) is 8.82. The number of halogens is 2. The van der Waals surface area contributed by atoms with Crippen molar-refractivity contribution in [2.45, 2.75) is 42.3 Å². The Balaban J connectivity index is 2.14. The van der Waals surface area contributed by atoms with Crippen molar-refractivity contribution >= 4 is 16.9 Å². The van der Waals surface area contributed by atoms with Crippen LogP contribution < -0.4 is 0 Å². The number of alkyl halides is 2. The summed E-state index contributed by atoms with van der Waals surface area (Å²) in [6, 6.07) is -0.724. The number of amidine groups is 1. The van der Waals surface area contributed by atoms with Gasteiger partial charge in [-0.2, -0.15) is 0 Å². The van der Waals surface area contributed by atoms with Crippen molar-refractivity contribution in [3.8, 4) is 0 Å². The van der Waals surface area contributed by atoms with Crippen molar-refractivity contribution < 1.29 is 28.8 Å². The van der Waals surface area contributed by atoms with Crippen LogP contribution in [0.1, 0.15) is 0 Å². The van der Waals surface area contributed by atoms with Crippen LogP contribution in [0.3, 0.4) is 0 Å². The molecule has 0 aliphatic carbocycles. The van der Waals surface area contributed by atoms with E-state index in [2.05, 4.69) is 4.99 Å². The van der Waals surface area contributed by atoms with Gasteiger partial charge in [-0.25, -0.2) is 8.78 Å². The molecule has 0 spiro atoms. The van der Waals surface area contributed by atoms with Crippen molar-refractivity contribution in [1.29, 1.82) is 0 Å². The van der Waals surface area contributed by atoms with Crippen LogP contribution in [0.4, 0.5) is 8.78 Å². The van der Waals surface area contributed by atoms with Gasteiger partial charge < -0.3 is 25.0 Å². The van der Waals surface area contributed by atoms with Crippen molar-refractivity contribution in [2.75, 3.05) is 14.1 Å². The van der Waals surface area contributed by atoms with Crippen LogP contribution in [0, 0.1) is 0 Å². The maximum Gasteiger partial charge on any atom is 0.266 e. The van der Waals surface area contributed by atoms with Gasteiger partial charge in [-0.15, -0.1) is 0 Å². The van der Waals surface area contributed by atoms with E-state index in [9.17, 15) is 24.1 Å². The van der Waals surface area contributed by atoms with Crippen LogP contribution in [0.2, 0.25) is 0 Å². The minimum atomic E-state index is -3.05. The third kappa shape index (κ3) is 2.70. The lowest BCUT2D eigenvalue weighted by molar-refractivity contribution is -0.205. The summed E-state index contributed by atoms with van der Waals surface area (Å²) in [5, 5.41) is 29.6. The lowest BCUT2D eigenvalue weighted by Gasteiger charge is -2.39. The lowest BCUT2D eigenvalue weighted by atomic mass is 9.95. The van der Waals surface area contributed by atoms with Crippen molar-refractivity contribution in [1.82, 2.24) is 4.90 Å². The highest BCUT2D eigenvalue weighted by Crippen LogP contribution is 2.38. The Morgan fingerprint density at radius 3 is 2.47 bits per heavy atom. The molecule has 1 saturated heterocycles. The van der Waals surface area contributed by atoms with Gasteiger partial charge in [0.05, 0.1) is 0 Å². The van der Waals surface area contributed by atoms with E-state index in [1.54, 1.807) is 19.0 Å². The molecule has 1 fully saturated rings. The third-order valence-electron chi connectivity index (χ3n) is 3.06. The smallest absolute Gasteiger partial charge is 0.266 e. The minimum absolute atomic E-state index is 0.577. The predicted molar refractivity (Wildman–Crippen MR) is 65.2 cm³/mol. The quantitative estimate of drug-likeness (QED) is 0.612. The van der Waals surface area contributed by atoms with Gasteiger partial charge in [-0.1, -0.05) is 11.8 Å². The molecule has 0 aromatic rings. The molecule has 2 aliphatic heterocycles. The van der Waals surface area contributed by atoms with E-state index >= 15 is 0 Å². The standard InChI is InChI=1S/C10H16F2N2O4S/c1-14(2)10-13-3-4(15)5(16)7(6(17)8(11)12)18-9(3)19-10/h3-9,15-17H,1-2H3/t3?,4-,5+,6-,7+,9-/m1/s1. The zero-order chi connectivity index (χ0) is 14.3. The number of aliphatic hydroxyl groups is 3. The fraction of sp³-hybridized carbons (Fsp3) is 0.900. The molecule has 9 heteroatoms. The first kappa shape index (κ1) is 14.9. The van der Waals surface area contributed by atoms with Crippen LogP contribution in [0.25, 0.3) is 0 Å². The van der Waals surface area contributed by atoms with Crippen molar-refractivity contribution in [2.24, 2.45) is 4.99 Å². The average molecular weight is 298 g/mol. The van der Waals surface area contributed by atoms with Gasteiger partial charge in [0, 0.05) is 14.1 Å². The second kappa shape index (κ2) is 5.49. The number of aliphatic hydroxyl groups excluding tert-OH is 3. The summed E-state index contributed by atoms with van der Waals surface area (Å²) in [5.41, 5.74) is -0.686. The highest BCUT2D eigenvalue weighted by atomic mass is 32.2. The molecule has 2 aliphatic rings. The third-order valence-corrected chi connectivity index (χ3v) is 4.37. The molecule has 0 amide bonds. The van der Waals surface area contributed by atoms with E-state index in [0.29, 0.717) is 5.17 Å². The second-order valence-electron chi connectivity index (χ2n) is 4.69. The van der Waals surface area contributed by atoms with Gasteiger partial charge in [0.25, 0.3) is 6.43 Å². The summed E-state index contributed by atoms with van der Waals surface area (Å²) in [4.78, 5) is 5.88. The molecule has 19 heavy (non-hydrogen) atoms. The summed E-state index contributed by atoms with van der Waals surface area (Å²) >= 11 is 1.17. The topological polar surface area (TPSA) is 85.5 Å². The van der Waals surface area contributed by atoms with Crippen LogP contribution in [-0.2, 0) is 4.74 Å². The predicted octanol–water partition coefficient (Wildman–Crippen LogP) is -0.908. The van der Waals surface area contributed by atoms with Gasteiger partial charge in [-0.3, -0.25) is 4.99 Å². The monoisotopic (exact) mass is 298 g/mol. The number of hydrogen-bond acceptors (Lipinski definition) is 7. The van der Waals surface area contributed by atoms with E-state index in [0.717, 1.165) is 0 Å². The van der Waals surface area contributed by atoms with Crippen molar-refractivity contribution in [3.63, 3.8) is 0 Å². The SMILES string of the molecule is CN(C)C1=NC2[C@H](O[C@H]([C@@H](O)C(F)F)[C@@H](O)[C@@H]2O)S1. The molecule has 110 valence electrons. The maximum atomic E-state index is 12.5. The molecule has 1 unspecified atom stereocenters. The Morgan fingerprint density at radius 2 is 1.95 bits per heavy atom. The van der Waals surface area contributed by atoms with Crippen LogP contribution in [-0.4, -0.2) is 81.8 Å². The molecule has 2 rings (SSSR count). The number of thioether (sulfide) groups is 1. The lowest BCUT2D eigenvalue weighted by Crippen LogP contribution is -2.59. The Labute approximate surface area is 113 Å². The summed E-state index contributed by atoms with van der Waals surface area (Å²) in [6.45, 7) is 0. The number of nitrogens with zero attached hydrogens (tertiary/aromatic N) is 2. The first-order valence-electron chi connectivity index (χ1n) is 5.72. The maximum absolute atomic E-state index is 12.5. The Kier molecular flexibility index (Phi) is 4.31. The molecule has 0 aromatic carbocycles. The summed E-state index contributed by atoms with van der Waals surface area (Å²) in [6.07, 6.45) is -9.67. The molecule has 0 saturated carbocycles. The van der Waals surface area contributed by atoms with E-state index in [4.69, 9.17) is 4.74 Å². The number of rotatable bonds is 2. The number of hydrogen-bond donors (Lipinski definition) is 3. The Bertz CT molecular complexity index is 371. The summed E-state index contributed by atoms with van der Waals surface area (Å²) in [7, 11) is 3.49. The molecule has 6 atom stereocenters. The molecular weight excluding hydrogens is 282 g/mol. The van der Waals surface area contributed by atoms with Gasteiger partial charge in [-0.05, 0) is 0 Å². The zero-order valence-electron chi connectivity index (χ0n) is 10.3. The highest BCUT2D eigenvalue weighted by Gasteiger charge is 2.51. The average Bonchev–Trinajstić information content (AvgIpc) is 2.77. The highest BCUT2D eigenvalue weighted by molar-refractivity contribution is 8.14. The van der Waals surface area contributed by atoms with Crippen LogP contribution in [0.5, 0.6) is 0 Å². The van der Waals surface area contributed by atoms with Crippen molar-refractivity contribution in [3.05, 3.63) is 0 Å². The fourth-order valence-electron chi connectivity index (χ4n) is 2.02. The Hall–Kier alpha value is -0.480. The van der Waals surface area contributed by atoms with Gasteiger partial charge >= 0.3 is 0 Å². The van der Waals surface area contributed by atoms with E-state index in [1.165, 1.54) is 11.8 Å². The fourth-order valence-corrected chi connectivity index (χ4v) is 3.16. The molecule has 6 nitrogen and oxygen atoms in total. The van der Waals surface area contributed by atoms with E-state index < -0.39 is 42.3 Å². The van der Waals surface area contributed by atoms with Crippen LogP contribution >= 0.6 is 11.8 Å². The normalized spacial score (nSPS) is 40.0. The van der Waals surface area contributed by atoms with Crippen LogP contribution in [0.15, 0.2) is 4.99 Å². The second-order valence-corrected chi connectivity index (χ2v) is 5.76. The van der Waals surface area contributed by atoms with E-state index in [1.807, 2.05) is 0 Å². The number of fused-ring (bicyclic) bond motifs is 1. The summed E-state index contributed by atoms with van der Waals surface area (Å²) in [5.74, 6) is 0. The molecule has 2 heterocycles. The van der Waals surface area contributed by atoms with E-state index in [-0.39, 0.29) is 0 Å². The Morgan fingerprint density at radius 1 is 1.32 bits per heavy atom. The minimum Gasteiger partial charge on any atom is -0.388 e.